The van der Waals surface area contributed by atoms with E-state index in [4.69, 9.17) is 9.72 Å². The number of anilines is 1. The van der Waals surface area contributed by atoms with Gasteiger partial charge in [0.1, 0.15) is 5.75 Å². The fourth-order valence-electron chi connectivity index (χ4n) is 3.20. The number of nitrogens with zero attached hydrogens (tertiary/aromatic N) is 3. The summed E-state index contributed by atoms with van der Waals surface area (Å²) in [6, 6.07) is 17.0. The van der Waals surface area contributed by atoms with E-state index in [1.165, 1.54) is 0 Å². The minimum atomic E-state index is -0.228. The number of amides is 1. The van der Waals surface area contributed by atoms with Crippen molar-refractivity contribution in [2.24, 2.45) is 0 Å². The lowest BCUT2D eigenvalue weighted by atomic mass is 10.1. The molecule has 28 heavy (non-hydrogen) atoms. The second kappa shape index (κ2) is 7.68. The predicted octanol–water partition coefficient (Wildman–Crippen LogP) is 4.65. The highest BCUT2D eigenvalue weighted by atomic mass is 16.5. The van der Waals surface area contributed by atoms with Crippen LogP contribution < -0.4 is 10.1 Å². The van der Waals surface area contributed by atoms with E-state index in [2.05, 4.69) is 17.3 Å². The summed E-state index contributed by atoms with van der Waals surface area (Å²) in [6.07, 6.45) is 2.05. The first-order chi connectivity index (χ1) is 13.7. The van der Waals surface area contributed by atoms with Crippen LogP contribution in [-0.2, 0) is 6.54 Å². The number of methoxy groups -OCH3 is 1. The van der Waals surface area contributed by atoms with Gasteiger partial charge in [-0.1, -0.05) is 37.6 Å². The first-order valence-electron chi connectivity index (χ1n) is 9.41. The predicted molar refractivity (Wildman–Crippen MR) is 111 cm³/mol. The molecule has 6 nitrogen and oxygen atoms in total. The molecule has 0 bridgehead atoms. The van der Waals surface area contributed by atoms with E-state index in [9.17, 15) is 4.79 Å². The zero-order valence-corrected chi connectivity index (χ0v) is 16.0. The number of nitrogens with one attached hydrogen (secondary N) is 1. The molecule has 0 radical (unpaired) electrons. The number of unbranched alkanes of at least 4 members (excludes halogenated alkanes) is 1. The van der Waals surface area contributed by atoms with Crippen molar-refractivity contribution in [1.82, 2.24) is 14.8 Å². The molecule has 2 heterocycles. The van der Waals surface area contributed by atoms with Gasteiger partial charge in [-0.05, 0) is 36.8 Å². The van der Waals surface area contributed by atoms with Crippen LogP contribution in [-0.4, -0.2) is 27.8 Å². The number of aryl methyl sites for hydroxylation is 1. The number of ether oxygens (including phenoxy) is 1. The zero-order valence-electron chi connectivity index (χ0n) is 16.0. The number of pyridine rings is 1. The Balaban J connectivity index is 1.76. The van der Waals surface area contributed by atoms with Gasteiger partial charge in [-0.15, -0.1) is 0 Å². The number of benzene rings is 2. The molecular formula is C22H22N4O2. The van der Waals surface area contributed by atoms with E-state index in [-0.39, 0.29) is 5.91 Å². The molecule has 0 aliphatic carbocycles. The van der Waals surface area contributed by atoms with Crippen LogP contribution in [0, 0.1) is 0 Å². The molecule has 1 amide bonds. The molecule has 0 aliphatic rings. The van der Waals surface area contributed by atoms with Gasteiger partial charge in [0.25, 0.3) is 5.91 Å². The number of carbonyl (C=O) groups excluding carboxylic acids is 1. The molecule has 4 rings (SSSR count). The highest BCUT2D eigenvalue weighted by molar-refractivity contribution is 6.09. The quantitative estimate of drug-likeness (QED) is 0.533. The highest BCUT2D eigenvalue weighted by Gasteiger charge is 2.16. The third-order valence-corrected chi connectivity index (χ3v) is 4.71. The Kier molecular flexibility index (Phi) is 4.93. The van der Waals surface area contributed by atoms with Crippen molar-refractivity contribution >= 4 is 33.7 Å². The van der Waals surface area contributed by atoms with Gasteiger partial charge >= 0.3 is 0 Å². The van der Waals surface area contributed by atoms with Crippen molar-refractivity contribution in [3.05, 3.63) is 60.2 Å². The Morgan fingerprint density at radius 1 is 1.14 bits per heavy atom. The van der Waals surface area contributed by atoms with E-state index < -0.39 is 0 Å². The molecule has 0 saturated heterocycles. The molecule has 1 N–H and O–H groups in total. The van der Waals surface area contributed by atoms with Gasteiger partial charge in [0.05, 0.1) is 18.0 Å². The fraction of sp³-hybridized carbons (Fsp3) is 0.227. The van der Waals surface area contributed by atoms with Crippen LogP contribution in [0.1, 0.15) is 30.1 Å². The lowest BCUT2D eigenvalue weighted by molar-refractivity contribution is 0.102. The van der Waals surface area contributed by atoms with Crippen molar-refractivity contribution in [2.45, 2.75) is 26.3 Å². The van der Waals surface area contributed by atoms with Gasteiger partial charge in [0.15, 0.2) is 11.5 Å². The Hall–Kier alpha value is -3.41. The van der Waals surface area contributed by atoms with E-state index in [1.54, 1.807) is 25.3 Å². The molecule has 0 unspecified atom stereocenters. The van der Waals surface area contributed by atoms with Crippen molar-refractivity contribution in [1.29, 1.82) is 0 Å². The molecule has 0 fully saturated rings. The SMILES string of the molecule is CCCCn1nc(NC(=O)c2cccc(OC)c2)c2cc3ccccc3nc21. The molecular weight excluding hydrogens is 352 g/mol. The number of fused-ring (bicyclic) bond motifs is 2. The van der Waals surface area contributed by atoms with Crippen LogP contribution in [0.25, 0.3) is 21.9 Å². The van der Waals surface area contributed by atoms with Crippen LogP contribution in [0.4, 0.5) is 5.82 Å². The third kappa shape index (κ3) is 3.41. The summed E-state index contributed by atoms with van der Waals surface area (Å²) in [5, 5.41) is 9.45. The average Bonchev–Trinajstić information content (AvgIpc) is 3.06. The van der Waals surface area contributed by atoms with E-state index >= 15 is 0 Å². The van der Waals surface area contributed by atoms with Crippen molar-refractivity contribution in [3.8, 4) is 5.75 Å². The molecule has 142 valence electrons. The standard InChI is InChI=1S/C22H22N4O2/c1-3-4-12-26-21-18(14-15-8-5-6-11-19(15)23-21)20(25-26)24-22(27)16-9-7-10-17(13-16)28-2/h5-11,13-14H,3-4,12H2,1-2H3,(H,24,25,27). The minimum Gasteiger partial charge on any atom is -0.497 e. The molecule has 2 aromatic heterocycles. The van der Waals surface area contributed by atoms with Crippen LogP contribution in [0.3, 0.4) is 0 Å². The number of para-hydroxylation sites is 1. The Morgan fingerprint density at radius 3 is 2.82 bits per heavy atom. The largest absolute Gasteiger partial charge is 0.497 e. The monoisotopic (exact) mass is 374 g/mol. The van der Waals surface area contributed by atoms with Crippen LogP contribution >= 0.6 is 0 Å². The second-order valence-electron chi connectivity index (χ2n) is 6.66. The molecule has 0 aliphatic heterocycles. The molecule has 0 spiro atoms. The number of rotatable bonds is 6. The summed E-state index contributed by atoms with van der Waals surface area (Å²) in [6.45, 7) is 2.90. The van der Waals surface area contributed by atoms with Gasteiger partial charge in [-0.3, -0.25) is 4.79 Å². The first kappa shape index (κ1) is 18.0. The second-order valence-corrected chi connectivity index (χ2v) is 6.66. The summed E-state index contributed by atoms with van der Waals surface area (Å²) in [5.41, 5.74) is 2.22. The van der Waals surface area contributed by atoms with Crippen molar-refractivity contribution in [3.63, 3.8) is 0 Å². The van der Waals surface area contributed by atoms with Gasteiger partial charge < -0.3 is 10.1 Å². The Bertz CT molecular complexity index is 1150. The van der Waals surface area contributed by atoms with Gasteiger partial charge in [0.2, 0.25) is 0 Å². The third-order valence-electron chi connectivity index (χ3n) is 4.71. The lowest BCUT2D eigenvalue weighted by Gasteiger charge is -2.05. The fourth-order valence-corrected chi connectivity index (χ4v) is 3.20. The summed E-state index contributed by atoms with van der Waals surface area (Å²) < 4.78 is 7.09. The minimum absolute atomic E-state index is 0.228. The van der Waals surface area contributed by atoms with Crippen molar-refractivity contribution < 1.29 is 9.53 Å². The van der Waals surface area contributed by atoms with Gasteiger partial charge in [-0.2, -0.15) is 5.10 Å². The summed E-state index contributed by atoms with van der Waals surface area (Å²) in [7, 11) is 1.58. The van der Waals surface area contributed by atoms with Crippen LogP contribution in [0.15, 0.2) is 54.6 Å². The molecule has 0 atom stereocenters. The smallest absolute Gasteiger partial charge is 0.257 e. The summed E-state index contributed by atoms with van der Waals surface area (Å²) in [4.78, 5) is 17.6. The average molecular weight is 374 g/mol. The maximum Gasteiger partial charge on any atom is 0.257 e. The normalized spacial score (nSPS) is 11.1. The van der Waals surface area contributed by atoms with Crippen LogP contribution in [0.5, 0.6) is 5.75 Å². The number of aromatic nitrogens is 3. The van der Waals surface area contributed by atoms with E-state index in [0.717, 1.165) is 41.3 Å². The van der Waals surface area contributed by atoms with E-state index in [0.29, 0.717) is 17.1 Å². The van der Waals surface area contributed by atoms with E-state index in [1.807, 2.05) is 41.1 Å². The van der Waals surface area contributed by atoms with Crippen LogP contribution in [0.2, 0.25) is 0 Å². The topological polar surface area (TPSA) is 69.0 Å². The highest BCUT2D eigenvalue weighted by Crippen LogP contribution is 2.27. The van der Waals surface area contributed by atoms with Crippen molar-refractivity contribution in [2.75, 3.05) is 12.4 Å². The first-order valence-corrected chi connectivity index (χ1v) is 9.41. The Morgan fingerprint density at radius 2 is 2.00 bits per heavy atom. The molecule has 4 aromatic rings. The zero-order chi connectivity index (χ0) is 19.5. The maximum atomic E-state index is 12.8. The van der Waals surface area contributed by atoms with Gasteiger partial charge in [-0.25, -0.2) is 9.67 Å². The summed E-state index contributed by atoms with van der Waals surface area (Å²) >= 11 is 0. The molecule has 0 saturated carbocycles. The summed E-state index contributed by atoms with van der Waals surface area (Å²) in [5.74, 6) is 0.935. The number of hydrogen-bond acceptors (Lipinski definition) is 4. The lowest BCUT2D eigenvalue weighted by Crippen LogP contribution is -2.13. The Labute approximate surface area is 163 Å². The number of carbonyl (C=O) groups is 1. The molecule has 6 heteroatoms. The molecule has 2 aromatic carbocycles. The maximum absolute atomic E-state index is 12.8. The van der Waals surface area contributed by atoms with Gasteiger partial charge in [0, 0.05) is 17.5 Å². The number of hydrogen-bond donors (Lipinski definition) is 1.